The van der Waals surface area contributed by atoms with Gasteiger partial charge in [-0.2, -0.15) is 0 Å². The van der Waals surface area contributed by atoms with Gasteiger partial charge in [0, 0.05) is 23.4 Å². The van der Waals surface area contributed by atoms with Crippen LogP contribution in [-0.4, -0.2) is 33.1 Å². The molecule has 0 bridgehead atoms. The summed E-state index contributed by atoms with van der Waals surface area (Å²) in [6.45, 7) is 0. The molecule has 7 nitrogen and oxygen atoms in total. The fourth-order valence-electron chi connectivity index (χ4n) is 3.32. The van der Waals surface area contributed by atoms with Crippen molar-refractivity contribution in [3.63, 3.8) is 0 Å². The number of anilines is 1. The van der Waals surface area contributed by atoms with E-state index in [1.54, 1.807) is 36.4 Å². The predicted molar refractivity (Wildman–Crippen MR) is 122 cm³/mol. The van der Waals surface area contributed by atoms with Crippen LogP contribution >= 0.6 is 0 Å². The Hall–Kier alpha value is -4.00. The van der Waals surface area contributed by atoms with Crippen LogP contribution in [0.2, 0.25) is 0 Å². The number of hydrogen-bond acceptors (Lipinski definition) is 5. The van der Waals surface area contributed by atoms with Gasteiger partial charge in [-0.1, -0.05) is 48.5 Å². The van der Waals surface area contributed by atoms with Crippen LogP contribution in [-0.2, 0) is 4.79 Å². The Morgan fingerprint density at radius 1 is 0.812 bits per heavy atom. The molecule has 0 aliphatic rings. The number of amides is 2. The standard InChI is InChI=1S/C25H26N2O5/c1-30-21-14-19(15-22(31-2)24(21)32-3)26-23(28)16-20(17-10-6-4-7-11-17)27-25(29)18-12-8-5-9-13-18/h4-15,20H,16H2,1-3H3,(H,26,28)(H,27,29). The quantitative estimate of drug-likeness (QED) is 0.527. The van der Waals surface area contributed by atoms with Crippen LogP contribution in [0.3, 0.4) is 0 Å². The molecule has 32 heavy (non-hydrogen) atoms. The summed E-state index contributed by atoms with van der Waals surface area (Å²) in [6.07, 6.45) is 0.0409. The minimum atomic E-state index is -0.508. The topological polar surface area (TPSA) is 85.9 Å². The van der Waals surface area contributed by atoms with Crippen molar-refractivity contribution < 1.29 is 23.8 Å². The van der Waals surface area contributed by atoms with Gasteiger partial charge in [-0.05, 0) is 17.7 Å². The number of benzene rings is 3. The predicted octanol–water partition coefficient (Wildman–Crippen LogP) is 4.21. The fraction of sp³-hybridized carbons (Fsp3) is 0.200. The molecular weight excluding hydrogens is 408 g/mol. The van der Waals surface area contributed by atoms with Gasteiger partial charge in [-0.3, -0.25) is 9.59 Å². The van der Waals surface area contributed by atoms with Crippen LogP contribution in [0.4, 0.5) is 5.69 Å². The maximum Gasteiger partial charge on any atom is 0.251 e. The van der Waals surface area contributed by atoms with E-state index in [-0.39, 0.29) is 18.2 Å². The maximum atomic E-state index is 12.9. The molecule has 0 aliphatic heterocycles. The molecule has 7 heteroatoms. The van der Waals surface area contributed by atoms with E-state index in [2.05, 4.69) is 10.6 Å². The number of ether oxygens (including phenoxy) is 3. The summed E-state index contributed by atoms with van der Waals surface area (Å²) in [5.41, 5.74) is 1.85. The third-order valence-corrected chi connectivity index (χ3v) is 4.88. The van der Waals surface area contributed by atoms with Crippen LogP contribution < -0.4 is 24.8 Å². The molecule has 0 aromatic heterocycles. The molecule has 0 saturated carbocycles. The van der Waals surface area contributed by atoms with Gasteiger partial charge < -0.3 is 24.8 Å². The second kappa shape index (κ2) is 10.9. The van der Waals surface area contributed by atoms with Gasteiger partial charge in [0.05, 0.1) is 33.8 Å². The van der Waals surface area contributed by atoms with Gasteiger partial charge in [0.15, 0.2) is 11.5 Å². The first-order chi connectivity index (χ1) is 15.5. The van der Waals surface area contributed by atoms with Crippen molar-refractivity contribution in [1.29, 1.82) is 0 Å². The molecule has 3 aromatic rings. The molecule has 2 N–H and O–H groups in total. The Morgan fingerprint density at radius 2 is 1.38 bits per heavy atom. The Kier molecular flexibility index (Phi) is 7.70. The van der Waals surface area contributed by atoms with Crippen LogP contribution in [0.1, 0.15) is 28.4 Å². The number of hydrogen-bond donors (Lipinski definition) is 2. The van der Waals surface area contributed by atoms with Gasteiger partial charge in [-0.15, -0.1) is 0 Å². The lowest BCUT2D eigenvalue weighted by molar-refractivity contribution is -0.116. The van der Waals surface area contributed by atoms with E-state index in [1.807, 2.05) is 36.4 Å². The molecule has 1 unspecified atom stereocenters. The molecular formula is C25H26N2O5. The lowest BCUT2D eigenvalue weighted by atomic mass is 10.0. The maximum absolute atomic E-state index is 12.9. The third-order valence-electron chi connectivity index (χ3n) is 4.88. The number of carbonyl (C=O) groups excluding carboxylic acids is 2. The first-order valence-electron chi connectivity index (χ1n) is 10.1. The fourth-order valence-corrected chi connectivity index (χ4v) is 3.32. The summed E-state index contributed by atoms with van der Waals surface area (Å²) in [4.78, 5) is 25.6. The van der Waals surface area contributed by atoms with Gasteiger partial charge >= 0.3 is 0 Å². The zero-order chi connectivity index (χ0) is 22.9. The van der Waals surface area contributed by atoms with Gasteiger partial charge in [0.1, 0.15) is 0 Å². The number of methoxy groups -OCH3 is 3. The van der Waals surface area contributed by atoms with Crippen molar-refractivity contribution in [3.8, 4) is 17.2 Å². The Bertz CT molecular complexity index is 1030. The Labute approximate surface area is 187 Å². The highest BCUT2D eigenvalue weighted by molar-refractivity contribution is 5.96. The minimum absolute atomic E-state index is 0.0409. The van der Waals surface area contributed by atoms with Crippen LogP contribution in [0.5, 0.6) is 17.2 Å². The molecule has 0 heterocycles. The summed E-state index contributed by atoms with van der Waals surface area (Å²) < 4.78 is 16.0. The first kappa shape index (κ1) is 22.7. The van der Waals surface area contributed by atoms with E-state index >= 15 is 0 Å². The van der Waals surface area contributed by atoms with Crippen molar-refractivity contribution in [2.75, 3.05) is 26.6 Å². The average molecular weight is 434 g/mol. The van der Waals surface area contributed by atoms with Gasteiger partial charge in [0.25, 0.3) is 5.91 Å². The molecule has 0 aliphatic carbocycles. The van der Waals surface area contributed by atoms with Gasteiger partial charge in [0.2, 0.25) is 11.7 Å². The zero-order valence-electron chi connectivity index (χ0n) is 18.3. The van der Waals surface area contributed by atoms with Gasteiger partial charge in [-0.25, -0.2) is 0 Å². The van der Waals surface area contributed by atoms with E-state index in [0.717, 1.165) is 5.56 Å². The molecule has 0 spiro atoms. The minimum Gasteiger partial charge on any atom is -0.493 e. The molecule has 3 aromatic carbocycles. The molecule has 3 rings (SSSR count). The van der Waals surface area contributed by atoms with Crippen molar-refractivity contribution in [3.05, 3.63) is 83.9 Å². The van der Waals surface area contributed by atoms with Crippen molar-refractivity contribution in [1.82, 2.24) is 5.32 Å². The zero-order valence-corrected chi connectivity index (χ0v) is 18.3. The molecule has 0 saturated heterocycles. The van der Waals surface area contributed by atoms with Crippen LogP contribution in [0, 0.1) is 0 Å². The summed E-state index contributed by atoms with van der Waals surface area (Å²) in [5.74, 6) is 0.769. The Morgan fingerprint density at radius 3 is 1.91 bits per heavy atom. The second-order valence-corrected chi connectivity index (χ2v) is 6.97. The van der Waals surface area contributed by atoms with Crippen molar-refractivity contribution >= 4 is 17.5 Å². The van der Waals surface area contributed by atoms with Crippen molar-refractivity contribution in [2.24, 2.45) is 0 Å². The summed E-state index contributed by atoms with van der Waals surface area (Å²) >= 11 is 0. The normalized spacial score (nSPS) is 11.2. The molecule has 166 valence electrons. The van der Waals surface area contributed by atoms with E-state index in [4.69, 9.17) is 14.2 Å². The molecule has 0 radical (unpaired) electrons. The largest absolute Gasteiger partial charge is 0.493 e. The summed E-state index contributed by atoms with van der Waals surface area (Å²) in [6, 6.07) is 21.1. The van der Waals surface area contributed by atoms with E-state index < -0.39 is 6.04 Å². The molecule has 1 atom stereocenters. The summed E-state index contributed by atoms with van der Waals surface area (Å²) in [5, 5.41) is 5.81. The second-order valence-electron chi connectivity index (χ2n) is 6.97. The first-order valence-corrected chi connectivity index (χ1v) is 10.1. The molecule has 2 amide bonds. The molecule has 0 fully saturated rings. The van der Waals surface area contributed by atoms with Crippen LogP contribution in [0.25, 0.3) is 0 Å². The lowest BCUT2D eigenvalue weighted by Crippen LogP contribution is -2.31. The van der Waals surface area contributed by atoms with E-state index in [1.165, 1.54) is 21.3 Å². The monoisotopic (exact) mass is 434 g/mol. The number of rotatable bonds is 9. The lowest BCUT2D eigenvalue weighted by Gasteiger charge is -2.20. The average Bonchev–Trinajstić information content (AvgIpc) is 2.83. The van der Waals surface area contributed by atoms with Crippen LogP contribution in [0.15, 0.2) is 72.8 Å². The third kappa shape index (κ3) is 5.57. The van der Waals surface area contributed by atoms with E-state index in [0.29, 0.717) is 28.5 Å². The highest BCUT2D eigenvalue weighted by Crippen LogP contribution is 2.40. The van der Waals surface area contributed by atoms with Crippen molar-refractivity contribution in [2.45, 2.75) is 12.5 Å². The SMILES string of the molecule is COc1cc(NC(=O)CC(NC(=O)c2ccccc2)c2ccccc2)cc(OC)c1OC. The smallest absolute Gasteiger partial charge is 0.251 e. The van der Waals surface area contributed by atoms with E-state index in [9.17, 15) is 9.59 Å². The highest BCUT2D eigenvalue weighted by Gasteiger charge is 2.20. The Balaban J connectivity index is 1.79. The number of nitrogens with one attached hydrogen (secondary N) is 2. The number of carbonyl (C=O) groups is 2. The highest BCUT2D eigenvalue weighted by atomic mass is 16.5. The summed E-state index contributed by atoms with van der Waals surface area (Å²) in [7, 11) is 4.53.